The first-order chi connectivity index (χ1) is 16.5. The molecule has 9 heteroatoms. The number of nitrogens with zero attached hydrogens (tertiary/aromatic N) is 2. The van der Waals surface area contributed by atoms with Crippen molar-refractivity contribution in [2.75, 3.05) is 18.4 Å². The third-order valence-electron chi connectivity index (χ3n) is 5.52. The molecule has 4 rings (SSSR count). The summed E-state index contributed by atoms with van der Waals surface area (Å²) in [5.41, 5.74) is 2.39. The highest BCUT2D eigenvalue weighted by Crippen LogP contribution is 2.28. The van der Waals surface area contributed by atoms with Crippen LogP contribution in [0.4, 0.5) is 5.69 Å². The number of anilines is 1. The molecule has 2 aromatic carbocycles. The topological polar surface area (TPSA) is 99.5 Å². The van der Waals surface area contributed by atoms with Crippen molar-refractivity contribution in [1.29, 1.82) is 5.26 Å². The van der Waals surface area contributed by atoms with Gasteiger partial charge in [-0.25, -0.2) is 8.42 Å². The molecule has 7 nitrogen and oxygen atoms in total. The summed E-state index contributed by atoms with van der Waals surface area (Å²) in [6, 6.07) is 20.1. The van der Waals surface area contributed by atoms with Crippen molar-refractivity contribution >= 4 is 33.0 Å². The van der Waals surface area contributed by atoms with E-state index in [2.05, 4.69) is 11.4 Å². The highest BCUT2D eigenvalue weighted by molar-refractivity contribution is 7.91. The zero-order chi connectivity index (χ0) is 24.0. The van der Waals surface area contributed by atoms with Gasteiger partial charge in [-0.1, -0.05) is 30.3 Å². The van der Waals surface area contributed by atoms with Gasteiger partial charge in [0.25, 0.3) is 10.0 Å². The summed E-state index contributed by atoms with van der Waals surface area (Å²) in [7, 11) is -3.47. The number of sulfonamides is 1. The maximum absolute atomic E-state index is 12.7. The van der Waals surface area contributed by atoms with Crippen LogP contribution in [0.25, 0.3) is 0 Å². The molecule has 3 aromatic rings. The molecular weight excluding hydrogens is 470 g/mol. The highest BCUT2D eigenvalue weighted by atomic mass is 32.2. The van der Waals surface area contributed by atoms with Gasteiger partial charge >= 0.3 is 0 Å². The number of benzene rings is 2. The average Bonchev–Trinajstić information content (AvgIpc) is 3.53. The molecule has 1 N–H and O–H groups in total. The fraction of sp³-hybridized carbons (Fsp3) is 0.280. The quantitative estimate of drug-likeness (QED) is 0.476. The molecule has 0 atom stereocenters. The third kappa shape index (κ3) is 5.83. The summed E-state index contributed by atoms with van der Waals surface area (Å²) in [5, 5.41) is 11.7. The number of hydrogen-bond acceptors (Lipinski definition) is 6. The first-order valence-electron chi connectivity index (χ1n) is 11.0. The molecule has 1 aliphatic heterocycles. The molecule has 0 radical (unpaired) electrons. The summed E-state index contributed by atoms with van der Waals surface area (Å²) in [5.74, 6) is 0.452. The molecule has 0 spiro atoms. The van der Waals surface area contributed by atoms with E-state index in [9.17, 15) is 13.2 Å². The second-order valence-corrected chi connectivity index (χ2v) is 11.3. The Labute approximate surface area is 203 Å². The second-order valence-electron chi connectivity index (χ2n) is 7.98. The zero-order valence-electron chi connectivity index (χ0n) is 18.6. The lowest BCUT2D eigenvalue weighted by molar-refractivity contribution is -0.115. The number of carbonyl (C=O) groups is 1. The number of rotatable bonds is 9. The van der Waals surface area contributed by atoms with Gasteiger partial charge in [-0.2, -0.15) is 9.57 Å². The number of hydrogen-bond donors (Lipinski definition) is 1. The Bertz CT molecular complexity index is 1290. The van der Waals surface area contributed by atoms with Crippen molar-refractivity contribution in [3.8, 4) is 11.8 Å². The molecule has 1 amide bonds. The number of nitrogens with one attached hydrogen (secondary N) is 1. The summed E-state index contributed by atoms with van der Waals surface area (Å²) < 4.78 is 33.1. The Balaban J connectivity index is 1.37. The van der Waals surface area contributed by atoms with Crippen molar-refractivity contribution in [2.24, 2.45) is 0 Å². The molecule has 176 valence electrons. The monoisotopic (exact) mass is 495 g/mol. The minimum Gasteiger partial charge on any atom is -0.489 e. The number of para-hydroxylation sites is 1. The molecule has 0 saturated carbocycles. The predicted octanol–water partition coefficient (Wildman–Crippen LogP) is 4.36. The normalized spacial score (nSPS) is 14.0. The Morgan fingerprint density at radius 2 is 1.79 bits per heavy atom. The summed E-state index contributed by atoms with van der Waals surface area (Å²) in [6.07, 6.45) is 2.21. The van der Waals surface area contributed by atoms with E-state index in [4.69, 9.17) is 10.00 Å². The van der Waals surface area contributed by atoms with Crippen LogP contribution < -0.4 is 10.1 Å². The molecule has 1 saturated heterocycles. The number of carbonyl (C=O) groups excluding carboxylic acids is 1. The largest absolute Gasteiger partial charge is 0.489 e. The molecule has 0 aliphatic carbocycles. The Morgan fingerprint density at radius 3 is 2.53 bits per heavy atom. The van der Waals surface area contributed by atoms with Crippen molar-refractivity contribution in [3.05, 3.63) is 76.7 Å². The Kier molecular flexibility index (Phi) is 7.63. The molecule has 2 heterocycles. The summed E-state index contributed by atoms with van der Waals surface area (Å²) in [4.78, 5) is 13.4. The third-order valence-corrected chi connectivity index (χ3v) is 8.97. The van der Waals surface area contributed by atoms with Gasteiger partial charge in [0.05, 0.1) is 18.9 Å². The van der Waals surface area contributed by atoms with Crippen molar-refractivity contribution in [2.45, 2.75) is 36.5 Å². The van der Waals surface area contributed by atoms with Gasteiger partial charge < -0.3 is 10.1 Å². The van der Waals surface area contributed by atoms with E-state index in [0.717, 1.165) is 35.3 Å². The van der Waals surface area contributed by atoms with E-state index in [0.29, 0.717) is 35.8 Å². The molecule has 0 unspecified atom stereocenters. The number of thiophene rings is 1. The van der Waals surface area contributed by atoms with Gasteiger partial charge in [0.1, 0.15) is 16.6 Å². The number of nitriles is 1. The summed E-state index contributed by atoms with van der Waals surface area (Å²) in [6.45, 7) is 1.38. The molecule has 1 aliphatic rings. The lowest BCUT2D eigenvalue weighted by atomic mass is 10.1. The lowest BCUT2D eigenvalue weighted by Gasteiger charge is -2.13. The maximum Gasteiger partial charge on any atom is 0.252 e. The van der Waals surface area contributed by atoms with Gasteiger partial charge in [0.2, 0.25) is 5.91 Å². The fourth-order valence-corrected chi connectivity index (χ4v) is 6.75. The summed E-state index contributed by atoms with van der Waals surface area (Å²) >= 11 is 1.15. The van der Waals surface area contributed by atoms with Gasteiger partial charge in [0.15, 0.2) is 0 Å². The van der Waals surface area contributed by atoms with Crippen LogP contribution in [-0.4, -0.2) is 31.7 Å². The number of amides is 1. The SMILES string of the molecule is N#CCc1ccc(OCc2ccccc2NC(=O)Cc2ccc(S(=O)(=O)N3CCCC3)s2)cc1. The van der Waals surface area contributed by atoms with Crippen LogP contribution in [0.2, 0.25) is 0 Å². The second kappa shape index (κ2) is 10.8. The molecule has 0 bridgehead atoms. The fourth-order valence-electron chi connectivity index (χ4n) is 3.72. The van der Waals surface area contributed by atoms with Crippen LogP contribution in [0, 0.1) is 11.3 Å². The Morgan fingerprint density at radius 1 is 1.06 bits per heavy atom. The van der Waals surface area contributed by atoms with Crippen molar-refractivity contribution < 1.29 is 17.9 Å². The van der Waals surface area contributed by atoms with E-state index in [1.54, 1.807) is 12.1 Å². The maximum atomic E-state index is 12.7. The minimum absolute atomic E-state index is 0.0930. The van der Waals surface area contributed by atoms with Crippen LogP contribution >= 0.6 is 11.3 Å². The van der Waals surface area contributed by atoms with Gasteiger partial charge in [-0.15, -0.1) is 11.3 Å². The minimum atomic E-state index is -3.47. The standard InChI is InChI=1S/C25H25N3O4S2/c26-14-13-19-7-9-21(10-8-19)32-18-20-5-1-2-6-23(20)27-24(29)17-22-11-12-25(33-22)34(30,31)28-15-3-4-16-28/h1-2,5-12H,3-4,13,15-18H2,(H,27,29). The van der Waals surface area contributed by atoms with E-state index in [-0.39, 0.29) is 23.1 Å². The highest BCUT2D eigenvalue weighted by Gasteiger charge is 2.28. The predicted molar refractivity (Wildman–Crippen MR) is 131 cm³/mol. The van der Waals surface area contributed by atoms with Crippen LogP contribution in [-0.2, 0) is 34.3 Å². The van der Waals surface area contributed by atoms with E-state index in [1.807, 2.05) is 48.5 Å². The first-order valence-corrected chi connectivity index (χ1v) is 13.3. The molecule has 1 aromatic heterocycles. The van der Waals surface area contributed by atoms with Crippen LogP contribution in [0.1, 0.15) is 28.8 Å². The molecule has 34 heavy (non-hydrogen) atoms. The van der Waals surface area contributed by atoms with Crippen LogP contribution in [0.15, 0.2) is 64.9 Å². The first kappa shape index (κ1) is 24.0. The number of ether oxygens (including phenoxy) is 1. The van der Waals surface area contributed by atoms with Crippen molar-refractivity contribution in [3.63, 3.8) is 0 Å². The van der Waals surface area contributed by atoms with Gasteiger partial charge in [0, 0.05) is 29.2 Å². The van der Waals surface area contributed by atoms with Gasteiger partial charge in [-0.3, -0.25) is 4.79 Å². The zero-order valence-corrected chi connectivity index (χ0v) is 20.2. The van der Waals surface area contributed by atoms with Crippen molar-refractivity contribution in [1.82, 2.24) is 4.31 Å². The van der Waals surface area contributed by atoms with Gasteiger partial charge in [-0.05, 0) is 48.7 Å². The molecular formula is C25H25N3O4S2. The van der Waals surface area contributed by atoms with E-state index >= 15 is 0 Å². The Hall–Kier alpha value is -3.19. The lowest BCUT2D eigenvalue weighted by Crippen LogP contribution is -2.27. The average molecular weight is 496 g/mol. The van der Waals surface area contributed by atoms with Crippen LogP contribution in [0.3, 0.4) is 0 Å². The molecule has 1 fully saturated rings. The van der Waals surface area contributed by atoms with E-state index in [1.165, 1.54) is 4.31 Å². The smallest absolute Gasteiger partial charge is 0.252 e. The van der Waals surface area contributed by atoms with E-state index < -0.39 is 10.0 Å². The van der Waals surface area contributed by atoms with Crippen LogP contribution in [0.5, 0.6) is 5.75 Å².